The summed E-state index contributed by atoms with van der Waals surface area (Å²) in [5, 5.41) is 7.73. The number of piperidine rings is 2. The van der Waals surface area contributed by atoms with Crippen LogP contribution in [0.1, 0.15) is 50.5 Å². The molecule has 0 aromatic carbocycles. The third-order valence-electron chi connectivity index (χ3n) is 4.86. The summed E-state index contributed by atoms with van der Waals surface area (Å²) in [6.45, 7) is 5.79. The number of aromatic nitrogens is 2. The maximum atomic E-state index is 12.5. The summed E-state index contributed by atoms with van der Waals surface area (Å²) in [5.74, 6) is 0.881. The van der Waals surface area contributed by atoms with Crippen molar-refractivity contribution in [3.05, 3.63) is 18.0 Å². The third kappa shape index (κ3) is 3.28. The van der Waals surface area contributed by atoms with E-state index in [-0.39, 0.29) is 6.04 Å². The van der Waals surface area contributed by atoms with Crippen LogP contribution in [0, 0.1) is 0 Å². The molecule has 1 atom stereocenters. The van der Waals surface area contributed by atoms with Gasteiger partial charge in [-0.2, -0.15) is 5.10 Å². The average Bonchev–Trinajstić information content (AvgIpc) is 3.04. The highest BCUT2D eigenvalue weighted by Gasteiger charge is 2.29. The first-order valence-electron chi connectivity index (χ1n) is 8.32. The maximum Gasteiger partial charge on any atom is 0.239 e. The molecule has 0 spiro atoms. The molecular weight excluding hydrogens is 264 g/mol. The first-order chi connectivity index (χ1) is 10.3. The molecule has 0 bridgehead atoms. The first kappa shape index (κ1) is 14.6. The Balaban J connectivity index is 1.53. The topological polar surface area (TPSA) is 50.2 Å². The number of carbonyl (C=O) groups is 1. The van der Waals surface area contributed by atoms with Gasteiger partial charge in [-0.1, -0.05) is 6.42 Å². The van der Waals surface area contributed by atoms with Gasteiger partial charge in [-0.05, 0) is 50.6 Å². The molecule has 1 aromatic rings. The summed E-state index contributed by atoms with van der Waals surface area (Å²) < 4.78 is 1.98. The molecule has 1 amide bonds. The summed E-state index contributed by atoms with van der Waals surface area (Å²) in [6.07, 6.45) is 9.66. The largest absolute Gasteiger partial charge is 0.341 e. The lowest BCUT2D eigenvalue weighted by Gasteiger charge is -2.35. The fourth-order valence-corrected chi connectivity index (χ4v) is 3.48. The Morgan fingerprint density at radius 2 is 2.14 bits per heavy atom. The first-order valence-corrected chi connectivity index (χ1v) is 8.32. The lowest BCUT2D eigenvalue weighted by atomic mass is 9.91. The highest BCUT2D eigenvalue weighted by Crippen LogP contribution is 2.28. The molecule has 0 saturated carbocycles. The monoisotopic (exact) mass is 290 g/mol. The van der Waals surface area contributed by atoms with E-state index in [4.69, 9.17) is 0 Å². The van der Waals surface area contributed by atoms with E-state index in [1.54, 1.807) is 0 Å². The van der Waals surface area contributed by atoms with Gasteiger partial charge in [0.2, 0.25) is 5.91 Å². The molecule has 2 fully saturated rings. The van der Waals surface area contributed by atoms with Crippen molar-refractivity contribution in [3.8, 4) is 0 Å². The molecule has 5 nitrogen and oxygen atoms in total. The molecule has 5 heteroatoms. The summed E-state index contributed by atoms with van der Waals surface area (Å²) >= 11 is 0. The molecule has 2 saturated heterocycles. The minimum atomic E-state index is 0.0677. The molecule has 1 aromatic heterocycles. The minimum Gasteiger partial charge on any atom is -0.341 e. The van der Waals surface area contributed by atoms with Gasteiger partial charge in [-0.3, -0.25) is 9.48 Å². The van der Waals surface area contributed by atoms with E-state index in [0.717, 1.165) is 45.4 Å². The molecule has 1 N–H and O–H groups in total. The van der Waals surface area contributed by atoms with Gasteiger partial charge in [0.05, 0.1) is 12.2 Å². The van der Waals surface area contributed by atoms with Crippen LogP contribution in [-0.4, -0.2) is 46.3 Å². The van der Waals surface area contributed by atoms with Gasteiger partial charge in [0.25, 0.3) is 0 Å². The van der Waals surface area contributed by atoms with E-state index in [9.17, 15) is 4.79 Å². The second kappa shape index (κ2) is 6.60. The summed E-state index contributed by atoms with van der Waals surface area (Å²) in [4.78, 5) is 14.6. The van der Waals surface area contributed by atoms with Gasteiger partial charge >= 0.3 is 0 Å². The Bertz CT molecular complexity index is 470. The molecule has 0 radical (unpaired) electrons. The smallest absolute Gasteiger partial charge is 0.239 e. The van der Waals surface area contributed by atoms with E-state index in [0.29, 0.717) is 11.8 Å². The zero-order valence-corrected chi connectivity index (χ0v) is 12.9. The van der Waals surface area contributed by atoms with Gasteiger partial charge in [-0.15, -0.1) is 0 Å². The van der Waals surface area contributed by atoms with Crippen LogP contribution >= 0.6 is 0 Å². The van der Waals surface area contributed by atoms with Crippen molar-refractivity contribution in [1.82, 2.24) is 20.0 Å². The van der Waals surface area contributed by atoms with Crippen molar-refractivity contribution >= 4 is 5.91 Å². The normalized spacial score (nSPS) is 24.2. The van der Waals surface area contributed by atoms with Gasteiger partial charge in [-0.25, -0.2) is 0 Å². The Morgan fingerprint density at radius 1 is 1.33 bits per heavy atom. The fourth-order valence-electron chi connectivity index (χ4n) is 3.48. The summed E-state index contributed by atoms with van der Waals surface area (Å²) in [7, 11) is 0. The number of aryl methyl sites for hydroxylation is 1. The Morgan fingerprint density at radius 3 is 2.76 bits per heavy atom. The predicted octanol–water partition coefficient (Wildman–Crippen LogP) is 1.75. The Labute approximate surface area is 126 Å². The Hall–Kier alpha value is -1.36. The van der Waals surface area contributed by atoms with Crippen LogP contribution in [0.15, 0.2) is 12.4 Å². The zero-order chi connectivity index (χ0) is 14.7. The minimum absolute atomic E-state index is 0.0677. The molecule has 2 aliphatic rings. The van der Waals surface area contributed by atoms with Crippen molar-refractivity contribution in [2.45, 2.75) is 57.5 Å². The SMILES string of the molecule is CCn1cc(C2CCN(C(=O)[C@H]3CCCCN3)CC2)cn1. The number of nitrogens with zero attached hydrogens (tertiary/aromatic N) is 3. The molecule has 3 rings (SSSR count). The number of likely N-dealkylation sites (tertiary alicyclic amines) is 1. The lowest BCUT2D eigenvalue weighted by Crippen LogP contribution is -2.50. The summed E-state index contributed by atoms with van der Waals surface area (Å²) in [5.41, 5.74) is 1.33. The number of rotatable bonds is 3. The van der Waals surface area contributed by atoms with Crippen molar-refractivity contribution < 1.29 is 4.79 Å². The van der Waals surface area contributed by atoms with Crippen molar-refractivity contribution in [2.75, 3.05) is 19.6 Å². The van der Waals surface area contributed by atoms with Gasteiger partial charge in [0.1, 0.15) is 0 Å². The van der Waals surface area contributed by atoms with Crippen LogP contribution in [0.3, 0.4) is 0 Å². The molecule has 3 heterocycles. The summed E-state index contributed by atoms with van der Waals surface area (Å²) in [6, 6.07) is 0.0677. The zero-order valence-electron chi connectivity index (χ0n) is 12.9. The van der Waals surface area contributed by atoms with E-state index in [1.807, 2.05) is 10.9 Å². The van der Waals surface area contributed by atoms with Gasteiger partial charge in [0, 0.05) is 25.8 Å². The molecule has 116 valence electrons. The van der Waals surface area contributed by atoms with E-state index < -0.39 is 0 Å². The Kier molecular flexibility index (Phi) is 4.58. The van der Waals surface area contributed by atoms with Crippen LogP contribution in [0.2, 0.25) is 0 Å². The van der Waals surface area contributed by atoms with E-state index >= 15 is 0 Å². The maximum absolute atomic E-state index is 12.5. The second-order valence-electron chi connectivity index (χ2n) is 6.23. The van der Waals surface area contributed by atoms with Gasteiger partial charge in [0.15, 0.2) is 0 Å². The van der Waals surface area contributed by atoms with Crippen molar-refractivity contribution in [1.29, 1.82) is 0 Å². The van der Waals surface area contributed by atoms with E-state index in [2.05, 4.69) is 28.4 Å². The number of carbonyl (C=O) groups excluding carboxylic acids is 1. The predicted molar refractivity (Wildman–Crippen MR) is 82.1 cm³/mol. The number of hydrogen-bond donors (Lipinski definition) is 1. The average molecular weight is 290 g/mol. The highest BCUT2D eigenvalue weighted by molar-refractivity contribution is 5.82. The van der Waals surface area contributed by atoms with Crippen LogP contribution < -0.4 is 5.32 Å². The fraction of sp³-hybridized carbons (Fsp3) is 0.750. The number of hydrogen-bond acceptors (Lipinski definition) is 3. The van der Waals surface area contributed by atoms with Gasteiger partial charge < -0.3 is 10.2 Å². The van der Waals surface area contributed by atoms with Crippen LogP contribution in [0.5, 0.6) is 0 Å². The standard InChI is InChI=1S/C16H26N4O/c1-2-20-12-14(11-18-20)13-6-9-19(10-7-13)16(21)15-5-3-4-8-17-15/h11-13,15,17H,2-10H2,1H3/t15-/m1/s1. The molecule has 0 unspecified atom stereocenters. The third-order valence-corrected chi connectivity index (χ3v) is 4.86. The van der Waals surface area contributed by atoms with E-state index in [1.165, 1.54) is 18.4 Å². The molecule has 2 aliphatic heterocycles. The van der Waals surface area contributed by atoms with Crippen LogP contribution in [-0.2, 0) is 11.3 Å². The van der Waals surface area contributed by atoms with Crippen LogP contribution in [0.4, 0.5) is 0 Å². The lowest BCUT2D eigenvalue weighted by molar-refractivity contribution is -0.135. The van der Waals surface area contributed by atoms with Crippen molar-refractivity contribution in [2.24, 2.45) is 0 Å². The molecule has 21 heavy (non-hydrogen) atoms. The number of nitrogens with one attached hydrogen (secondary N) is 1. The quantitative estimate of drug-likeness (QED) is 0.922. The molecular formula is C16H26N4O. The highest BCUT2D eigenvalue weighted by atomic mass is 16.2. The van der Waals surface area contributed by atoms with Crippen LogP contribution in [0.25, 0.3) is 0 Å². The number of amides is 1. The molecule has 0 aliphatic carbocycles. The second-order valence-corrected chi connectivity index (χ2v) is 6.23. The van der Waals surface area contributed by atoms with Crippen molar-refractivity contribution in [3.63, 3.8) is 0 Å².